The molecule has 0 spiro atoms. The Labute approximate surface area is 102 Å². The molecule has 3 nitrogen and oxygen atoms in total. The van der Waals surface area contributed by atoms with Gasteiger partial charge in [0.15, 0.2) is 0 Å². The van der Waals surface area contributed by atoms with E-state index in [1.807, 2.05) is 13.8 Å². The molecule has 5 heteroatoms. The fraction of sp³-hybridized carbons (Fsp3) is 0.500. The zero-order chi connectivity index (χ0) is 12.8. The van der Waals surface area contributed by atoms with Crippen molar-refractivity contribution in [2.24, 2.45) is 0 Å². The first-order chi connectivity index (χ1) is 8.08. The summed E-state index contributed by atoms with van der Waals surface area (Å²) in [5.41, 5.74) is 1.23. The number of hydrogen-bond acceptors (Lipinski definition) is 3. The highest BCUT2D eigenvalue weighted by Crippen LogP contribution is 2.14. The van der Waals surface area contributed by atoms with E-state index < -0.39 is 13.8 Å². The summed E-state index contributed by atoms with van der Waals surface area (Å²) in [5, 5.41) is 21.1. The van der Waals surface area contributed by atoms with Gasteiger partial charge in [-0.15, -0.1) is 0 Å². The zero-order valence-electron chi connectivity index (χ0n) is 10.2. The van der Waals surface area contributed by atoms with Crippen molar-refractivity contribution in [3.05, 3.63) is 29.8 Å². The van der Waals surface area contributed by atoms with Crippen molar-refractivity contribution in [1.29, 1.82) is 0 Å². The Morgan fingerprint density at radius 1 is 1.29 bits per heavy atom. The maximum atomic E-state index is 12.9. The topological polar surface area (TPSA) is 52.5 Å². The monoisotopic (exact) mass is 239 g/mol. The number of benzene rings is 1. The van der Waals surface area contributed by atoms with Gasteiger partial charge in [0.1, 0.15) is 6.67 Å². The van der Waals surface area contributed by atoms with Gasteiger partial charge in [0, 0.05) is 6.04 Å². The highest BCUT2D eigenvalue weighted by Gasteiger charge is 2.15. The number of alkyl halides is 1. The molecular weight excluding hydrogens is 220 g/mol. The second-order valence-electron chi connectivity index (χ2n) is 4.22. The van der Waals surface area contributed by atoms with Crippen molar-refractivity contribution >= 4 is 12.6 Å². The lowest BCUT2D eigenvalue weighted by atomic mass is 9.80. The van der Waals surface area contributed by atoms with Crippen LogP contribution in [-0.4, -0.2) is 29.9 Å². The molecule has 0 saturated heterocycles. The molecule has 0 aromatic heterocycles. The summed E-state index contributed by atoms with van der Waals surface area (Å²) >= 11 is 0. The van der Waals surface area contributed by atoms with Gasteiger partial charge in [0.2, 0.25) is 0 Å². The molecule has 17 heavy (non-hydrogen) atoms. The van der Waals surface area contributed by atoms with Crippen LogP contribution in [0, 0.1) is 0 Å². The van der Waals surface area contributed by atoms with Gasteiger partial charge in [-0.2, -0.15) is 0 Å². The lowest BCUT2D eigenvalue weighted by Crippen LogP contribution is -2.32. The third-order valence-corrected chi connectivity index (χ3v) is 2.89. The molecule has 1 aromatic rings. The van der Waals surface area contributed by atoms with Gasteiger partial charge in [0.05, 0.1) is 6.04 Å². The summed E-state index contributed by atoms with van der Waals surface area (Å²) in [6.07, 6.45) is 0.934. The minimum atomic E-state index is -1.48. The van der Waals surface area contributed by atoms with Gasteiger partial charge in [-0.25, -0.2) is 4.39 Å². The Morgan fingerprint density at radius 2 is 1.88 bits per heavy atom. The zero-order valence-corrected chi connectivity index (χ0v) is 10.2. The van der Waals surface area contributed by atoms with E-state index in [-0.39, 0.29) is 12.1 Å². The van der Waals surface area contributed by atoms with Crippen molar-refractivity contribution in [2.45, 2.75) is 32.4 Å². The summed E-state index contributed by atoms with van der Waals surface area (Å²) in [6.45, 7) is 3.57. The van der Waals surface area contributed by atoms with Crippen LogP contribution in [0.3, 0.4) is 0 Å². The Kier molecular flexibility index (Phi) is 5.61. The van der Waals surface area contributed by atoms with Gasteiger partial charge in [-0.3, -0.25) is 0 Å². The van der Waals surface area contributed by atoms with E-state index in [0.29, 0.717) is 5.46 Å². The van der Waals surface area contributed by atoms with Crippen molar-refractivity contribution in [3.8, 4) is 0 Å². The van der Waals surface area contributed by atoms with E-state index in [1.165, 1.54) is 0 Å². The Balaban J connectivity index is 2.75. The lowest BCUT2D eigenvalue weighted by Gasteiger charge is -2.20. The van der Waals surface area contributed by atoms with Gasteiger partial charge >= 0.3 is 7.12 Å². The number of hydrogen-bond donors (Lipinski definition) is 3. The molecule has 2 unspecified atom stereocenters. The Morgan fingerprint density at radius 3 is 2.29 bits per heavy atom. The molecule has 94 valence electrons. The third kappa shape index (κ3) is 4.11. The fourth-order valence-corrected chi connectivity index (χ4v) is 1.59. The highest BCUT2D eigenvalue weighted by atomic mass is 19.1. The standard InChI is InChI=1S/C12H19BFNO2/c1-3-9(2)15-12(8-14)10-4-6-11(7-5-10)13(16)17/h4-7,9,12,15-17H,3,8H2,1-2H3. The lowest BCUT2D eigenvalue weighted by molar-refractivity contribution is 0.351. The largest absolute Gasteiger partial charge is 0.488 e. The average molecular weight is 239 g/mol. The molecule has 0 aliphatic rings. The Hall–Kier alpha value is -0.905. The van der Waals surface area contributed by atoms with E-state index >= 15 is 0 Å². The molecule has 0 amide bonds. The second kappa shape index (κ2) is 6.74. The van der Waals surface area contributed by atoms with E-state index in [4.69, 9.17) is 10.0 Å². The van der Waals surface area contributed by atoms with Gasteiger partial charge in [-0.1, -0.05) is 31.2 Å². The van der Waals surface area contributed by atoms with Crippen molar-refractivity contribution < 1.29 is 14.4 Å². The molecule has 0 aliphatic heterocycles. The number of nitrogens with one attached hydrogen (secondary N) is 1. The first kappa shape index (κ1) is 14.2. The van der Waals surface area contributed by atoms with Crippen molar-refractivity contribution in [3.63, 3.8) is 0 Å². The van der Waals surface area contributed by atoms with Crippen LogP contribution >= 0.6 is 0 Å². The first-order valence-corrected chi connectivity index (χ1v) is 5.86. The van der Waals surface area contributed by atoms with Crippen LogP contribution < -0.4 is 10.8 Å². The van der Waals surface area contributed by atoms with Crippen LogP contribution in [0.2, 0.25) is 0 Å². The minimum absolute atomic E-state index is 0.249. The molecule has 2 atom stereocenters. The van der Waals surface area contributed by atoms with Gasteiger partial charge < -0.3 is 15.4 Å². The van der Waals surface area contributed by atoms with E-state index in [0.717, 1.165) is 12.0 Å². The quantitative estimate of drug-likeness (QED) is 0.642. The van der Waals surface area contributed by atoms with Crippen molar-refractivity contribution in [2.75, 3.05) is 6.67 Å². The first-order valence-electron chi connectivity index (χ1n) is 5.86. The second-order valence-corrected chi connectivity index (χ2v) is 4.22. The SMILES string of the molecule is CCC(C)NC(CF)c1ccc(B(O)O)cc1. The molecule has 0 radical (unpaired) electrons. The summed E-state index contributed by atoms with van der Waals surface area (Å²) in [5.74, 6) is 0. The van der Waals surface area contributed by atoms with Gasteiger partial charge in [-0.05, 0) is 24.4 Å². The van der Waals surface area contributed by atoms with Crippen LogP contribution in [-0.2, 0) is 0 Å². The molecule has 1 aromatic carbocycles. The predicted octanol–water partition coefficient (Wildman–Crippen LogP) is 0.765. The maximum absolute atomic E-state index is 12.9. The Bertz CT molecular complexity index is 332. The van der Waals surface area contributed by atoms with Crippen molar-refractivity contribution in [1.82, 2.24) is 5.32 Å². The molecule has 0 saturated carbocycles. The minimum Gasteiger partial charge on any atom is -0.423 e. The number of rotatable bonds is 6. The van der Waals surface area contributed by atoms with E-state index in [1.54, 1.807) is 24.3 Å². The fourth-order valence-electron chi connectivity index (χ4n) is 1.59. The third-order valence-electron chi connectivity index (χ3n) is 2.89. The summed E-state index contributed by atoms with van der Waals surface area (Å²) in [7, 11) is -1.48. The van der Waals surface area contributed by atoms with Crippen LogP contribution in [0.25, 0.3) is 0 Å². The van der Waals surface area contributed by atoms with Gasteiger partial charge in [0.25, 0.3) is 0 Å². The van der Waals surface area contributed by atoms with E-state index in [9.17, 15) is 4.39 Å². The average Bonchev–Trinajstić information content (AvgIpc) is 2.35. The molecule has 0 aliphatic carbocycles. The normalized spacial score (nSPS) is 14.4. The van der Waals surface area contributed by atoms with Crippen LogP contribution in [0.1, 0.15) is 31.9 Å². The summed E-state index contributed by atoms with van der Waals surface area (Å²) in [4.78, 5) is 0. The van der Waals surface area contributed by atoms with Crippen LogP contribution in [0.4, 0.5) is 4.39 Å². The summed E-state index contributed by atoms with van der Waals surface area (Å²) < 4.78 is 12.9. The number of halogens is 1. The maximum Gasteiger partial charge on any atom is 0.488 e. The van der Waals surface area contributed by atoms with E-state index in [2.05, 4.69) is 5.32 Å². The molecule has 3 N–H and O–H groups in total. The molecule has 1 rings (SSSR count). The summed E-state index contributed by atoms with van der Waals surface area (Å²) in [6, 6.07) is 6.54. The smallest absolute Gasteiger partial charge is 0.423 e. The predicted molar refractivity (Wildman–Crippen MR) is 67.9 cm³/mol. The van der Waals surface area contributed by atoms with Crippen LogP contribution in [0.15, 0.2) is 24.3 Å². The molecular formula is C12H19BFNO2. The highest BCUT2D eigenvalue weighted by molar-refractivity contribution is 6.58. The molecule has 0 heterocycles. The molecule has 0 fully saturated rings. The molecule has 0 bridgehead atoms. The van der Waals surface area contributed by atoms with Crippen LogP contribution in [0.5, 0.6) is 0 Å².